The van der Waals surface area contributed by atoms with Gasteiger partial charge in [-0.1, -0.05) is 20.4 Å². The molecule has 0 aliphatic heterocycles. The highest BCUT2D eigenvalue weighted by Gasteiger charge is 2.45. The van der Waals surface area contributed by atoms with Gasteiger partial charge in [0, 0.05) is 19.3 Å². The van der Waals surface area contributed by atoms with Gasteiger partial charge in [-0.25, -0.2) is 4.79 Å². The van der Waals surface area contributed by atoms with Gasteiger partial charge < -0.3 is 13.6 Å². The Kier molecular flexibility index (Phi) is 8.12. The van der Waals surface area contributed by atoms with Gasteiger partial charge in [-0.05, 0) is 26.3 Å². The molecular formula is C12H24O4Si. The van der Waals surface area contributed by atoms with Crippen LogP contribution in [0.2, 0.25) is 6.04 Å². The van der Waals surface area contributed by atoms with Crippen molar-refractivity contribution in [3.05, 3.63) is 12.7 Å². The number of rotatable bonds is 9. The van der Waals surface area contributed by atoms with Gasteiger partial charge in [0.2, 0.25) is 0 Å². The van der Waals surface area contributed by atoms with Gasteiger partial charge in [0.25, 0.3) is 0 Å². The summed E-state index contributed by atoms with van der Waals surface area (Å²) in [7, 11) is -2.47. The zero-order chi connectivity index (χ0) is 13.3. The first-order chi connectivity index (χ1) is 8.10. The second-order valence-electron chi connectivity index (χ2n) is 3.57. The highest BCUT2D eigenvalue weighted by Crippen LogP contribution is 2.23. The molecule has 0 aromatic rings. The zero-order valence-corrected chi connectivity index (χ0v) is 12.3. The molecule has 0 aliphatic carbocycles. The van der Waals surface area contributed by atoms with Crippen molar-refractivity contribution < 1.29 is 18.4 Å². The summed E-state index contributed by atoms with van der Waals surface area (Å²) < 4.78 is 17.0. The van der Waals surface area contributed by atoms with Crippen LogP contribution in [0.1, 0.15) is 34.1 Å². The van der Waals surface area contributed by atoms with Crippen LogP contribution >= 0.6 is 0 Å². The minimum atomic E-state index is -2.47. The van der Waals surface area contributed by atoms with Gasteiger partial charge in [-0.3, -0.25) is 0 Å². The fourth-order valence-corrected chi connectivity index (χ4v) is 5.03. The van der Waals surface area contributed by atoms with Crippen molar-refractivity contribution in [3.63, 3.8) is 0 Å². The Bertz CT molecular complexity index is 237. The minimum Gasteiger partial charge on any atom is -0.457 e. The fraction of sp³-hybridized carbons (Fsp3) is 0.750. The van der Waals surface area contributed by atoms with Gasteiger partial charge in [0.1, 0.15) is 5.73 Å². The Morgan fingerprint density at radius 2 is 1.76 bits per heavy atom. The Balaban J connectivity index is 4.92. The third kappa shape index (κ3) is 4.61. The van der Waals surface area contributed by atoms with Crippen molar-refractivity contribution >= 4 is 14.5 Å². The van der Waals surface area contributed by atoms with E-state index in [1.54, 1.807) is 0 Å². The van der Waals surface area contributed by atoms with Crippen LogP contribution in [0.3, 0.4) is 0 Å². The van der Waals surface area contributed by atoms with Crippen LogP contribution in [0.15, 0.2) is 12.7 Å². The third-order valence-corrected chi connectivity index (χ3v) is 6.60. The standard InChI is InChI=1S/C12H24O4Si/c1-6-11(13)16-12(7-2)17(10-5,14-8-3)15-9-4/h6,12H,1,7-10H2,2-5H3. The minimum absolute atomic E-state index is 0.280. The van der Waals surface area contributed by atoms with Gasteiger partial charge in [0.05, 0.1) is 0 Å². The number of carbonyl (C=O) groups is 1. The van der Waals surface area contributed by atoms with E-state index in [1.165, 1.54) is 6.08 Å². The molecule has 0 aliphatic rings. The highest BCUT2D eigenvalue weighted by atomic mass is 28.4. The maximum absolute atomic E-state index is 11.3. The van der Waals surface area contributed by atoms with Crippen LogP contribution in [0.5, 0.6) is 0 Å². The first-order valence-corrected chi connectivity index (χ1v) is 8.31. The predicted octanol–water partition coefficient (Wildman–Crippen LogP) is 2.57. The zero-order valence-electron chi connectivity index (χ0n) is 11.3. The second-order valence-corrected chi connectivity index (χ2v) is 7.12. The van der Waals surface area contributed by atoms with E-state index >= 15 is 0 Å². The molecule has 0 radical (unpaired) electrons. The molecule has 0 aromatic heterocycles. The molecule has 1 atom stereocenters. The predicted molar refractivity (Wildman–Crippen MR) is 69.9 cm³/mol. The molecule has 0 saturated carbocycles. The molecule has 0 amide bonds. The largest absolute Gasteiger partial charge is 0.457 e. The van der Waals surface area contributed by atoms with E-state index in [-0.39, 0.29) is 5.73 Å². The maximum Gasteiger partial charge on any atom is 0.380 e. The molecule has 0 N–H and O–H groups in total. The SMILES string of the molecule is C=CC(=O)OC(CC)[Si](CC)(OCC)OCC. The Morgan fingerprint density at radius 3 is 2.06 bits per heavy atom. The maximum atomic E-state index is 11.3. The topological polar surface area (TPSA) is 44.8 Å². The highest BCUT2D eigenvalue weighted by molar-refractivity contribution is 6.68. The van der Waals surface area contributed by atoms with Crippen molar-refractivity contribution in [2.45, 2.75) is 45.9 Å². The molecule has 100 valence electrons. The van der Waals surface area contributed by atoms with Crippen molar-refractivity contribution in [2.75, 3.05) is 13.2 Å². The van der Waals surface area contributed by atoms with E-state index in [0.29, 0.717) is 19.6 Å². The number of hydrogen-bond acceptors (Lipinski definition) is 4. The summed E-state index contributed by atoms with van der Waals surface area (Å²) in [5, 5.41) is 0. The average molecular weight is 260 g/mol. The molecule has 0 saturated heterocycles. The summed E-state index contributed by atoms with van der Waals surface area (Å²) in [4.78, 5) is 11.3. The quantitative estimate of drug-likeness (QED) is 0.363. The van der Waals surface area contributed by atoms with Gasteiger partial charge >= 0.3 is 14.5 Å². The van der Waals surface area contributed by atoms with Crippen LogP contribution in [0, 0.1) is 0 Å². The lowest BCUT2D eigenvalue weighted by Crippen LogP contribution is -2.54. The van der Waals surface area contributed by atoms with E-state index in [0.717, 1.165) is 6.04 Å². The lowest BCUT2D eigenvalue weighted by Gasteiger charge is -2.34. The van der Waals surface area contributed by atoms with Crippen LogP contribution in [-0.4, -0.2) is 33.5 Å². The number of ether oxygens (including phenoxy) is 1. The fourth-order valence-electron chi connectivity index (χ4n) is 1.82. The molecule has 0 fully saturated rings. The Labute approximate surface area is 105 Å². The molecule has 0 heterocycles. The molecule has 0 rings (SSSR count). The van der Waals surface area contributed by atoms with E-state index in [2.05, 4.69) is 6.58 Å². The van der Waals surface area contributed by atoms with Crippen LogP contribution in [-0.2, 0) is 18.4 Å². The number of hydrogen-bond donors (Lipinski definition) is 0. The molecule has 0 spiro atoms. The monoisotopic (exact) mass is 260 g/mol. The Morgan fingerprint density at radius 1 is 1.24 bits per heavy atom. The van der Waals surface area contributed by atoms with Crippen LogP contribution in [0.4, 0.5) is 0 Å². The lowest BCUT2D eigenvalue weighted by atomic mass is 10.5. The number of esters is 1. The summed E-state index contributed by atoms with van der Waals surface area (Å²) in [6.45, 7) is 12.4. The summed E-state index contributed by atoms with van der Waals surface area (Å²) in [6, 6.07) is 0.762. The van der Waals surface area contributed by atoms with Crippen molar-refractivity contribution in [3.8, 4) is 0 Å². The van der Waals surface area contributed by atoms with E-state index in [4.69, 9.17) is 13.6 Å². The molecule has 17 heavy (non-hydrogen) atoms. The molecule has 4 nitrogen and oxygen atoms in total. The summed E-state index contributed by atoms with van der Waals surface area (Å²) in [6.07, 6.45) is 1.87. The van der Waals surface area contributed by atoms with Gasteiger partial charge in [-0.15, -0.1) is 0 Å². The molecule has 1 unspecified atom stereocenters. The molecule has 5 heteroatoms. The first kappa shape index (κ1) is 16.3. The van der Waals surface area contributed by atoms with Crippen LogP contribution < -0.4 is 0 Å². The molecule has 0 bridgehead atoms. The van der Waals surface area contributed by atoms with E-state index in [1.807, 2.05) is 27.7 Å². The summed E-state index contributed by atoms with van der Waals surface area (Å²) >= 11 is 0. The van der Waals surface area contributed by atoms with Crippen LogP contribution in [0.25, 0.3) is 0 Å². The normalized spacial score (nSPS) is 13.2. The molecular weight excluding hydrogens is 236 g/mol. The smallest absolute Gasteiger partial charge is 0.380 e. The Hall–Kier alpha value is -0.653. The van der Waals surface area contributed by atoms with Gasteiger partial charge in [-0.2, -0.15) is 0 Å². The third-order valence-electron chi connectivity index (χ3n) is 2.56. The van der Waals surface area contributed by atoms with Crippen molar-refractivity contribution in [1.82, 2.24) is 0 Å². The first-order valence-electron chi connectivity index (χ1n) is 6.21. The molecule has 0 aromatic carbocycles. The van der Waals surface area contributed by atoms with E-state index < -0.39 is 14.5 Å². The van der Waals surface area contributed by atoms with Gasteiger partial charge in [0.15, 0.2) is 0 Å². The van der Waals surface area contributed by atoms with Crippen molar-refractivity contribution in [2.24, 2.45) is 0 Å². The lowest BCUT2D eigenvalue weighted by molar-refractivity contribution is -0.141. The summed E-state index contributed by atoms with van der Waals surface area (Å²) in [5.74, 6) is -0.415. The average Bonchev–Trinajstić information content (AvgIpc) is 2.35. The summed E-state index contributed by atoms with van der Waals surface area (Å²) in [5.41, 5.74) is -0.280. The van der Waals surface area contributed by atoms with E-state index in [9.17, 15) is 4.79 Å². The number of carbonyl (C=O) groups excluding carboxylic acids is 1. The second kappa shape index (κ2) is 8.44. The van der Waals surface area contributed by atoms with Crippen molar-refractivity contribution in [1.29, 1.82) is 0 Å².